The minimum atomic E-state index is 0.502. The van der Waals surface area contributed by atoms with Gasteiger partial charge in [-0.2, -0.15) is 0 Å². The quantitative estimate of drug-likeness (QED) is 0.713. The lowest BCUT2D eigenvalue weighted by atomic mass is 10.0. The van der Waals surface area contributed by atoms with Gasteiger partial charge in [-0.1, -0.05) is 44.2 Å². The Morgan fingerprint density at radius 1 is 1.13 bits per heavy atom. The Hall–Kier alpha value is -1.50. The molecule has 1 atom stereocenters. The third kappa shape index (κ3) is 2.12. The van der Waals surface area contributed by atoms with Crippen molar-refractivity contribution in [1.29, 1.82) is 0 Å². The summed E-state index contributed by atoms with van der Waals surface area (Å²) in [6.07, 6.45) is 2.96. The molecule has 15 heavy (non-hydrogen) atoms. The fourth-order valence-electron chi connectivity index (χ4n) is 1.59. The first kappa shape index (κ1) is 10.0. The predicted octanol–water partition coefficient (Wildman–Crippen LogP) is 4.46. The molecule has 0 fully saturated rings. The Kier molecular flexibility index (Phi) is 2.91. The molecule has 0 saturated carbocycles. The maximum atomic E-state index is 5.57. The van der Waals surface area contributed by atoms with Crippen LogP contribution in [0, 0.1) is 0 Å². The molecule has 1 aromatic heterocycles. The summed E-state index contributed by atoms with van der Waals surface area (Å²) in [6, 6.07) is 12.5. The summed E-state index contributed by atoms with van der Waals surface area (Å²) in [5.41, 5.74) is 2.39. The van der Waals surface area contributed by atoms with Crippen molar-refractivity contribution >= 4 is 0 Å². The summed E-state index contributed by atoms with van der Waals surface area (Å²) in [5, 5.41) is 0. The molecule has 0 saturated heterocycles. The summed E-state index contributed by atoms with van der Waals surface area (Å²) < 4.78 is 5.57. The lowest BCUT2D eigenvalue weighted by molar-refractivity contribution is 0.469. The van der Waals surface area contributed by atoms with Gasteiger partial charge in [0.1, 0.15) is 5.76 Å². The van der Waals surface area contributed by atoms with Gasteiger partial charge in [0.2, 0.25) is 0 Å². The van der Waals surface area contributed by atoms with Gasteiger partial charge < -0.3 is 4.42 Å². The van der Waals surface area contributed by atoms with E-state index in [0.29, 0.717) is 5.92 Å². The summed E-state index contributed by atoms with van der Waals surface area (Å²) in [4.78, 5) is 0. The molecule has 0 aliphatic rings. The largest absolute Gasteiger partial charge is 0.468 e. The van der Waals surface area contributed by atoms with Crippen molar-refractivity contribution in [2.24, 2.45) is 0 Å². The van der Waals surface area contributed by atoms with Crippen molar-refractivity contribution < 1.29 is 4.42 Å². The van der Waals surface area contributed by atoms with Gasteiger partial charge in [-0.3, -0.25) is 0 Å². The zero-order valence-electron chi connectivity index (χ0n) is 9.23. The molecule has 0 spiro atoms. The topological polar surface area (TPSA) is 13.1 Å². The second kappa shape index (κ2) is 4.35. The van der Waals surface area contributed by atoms with E-state index in [1.165, 1.54) is 11.1 Å². The van der Waals surface area contributed by atoms with Gasteiger partial charge in [-0.25, -0.2) is 0 Å². The van der Waals surface area contributed by atoms with Crippen molar-refractivity contribution in [1.82, 2.24) is 0 Å². The molecule has 1 heteroatoms. The van der Waals surface area contributed by atoms with Crippen LogP contribution in [0.15, 0.2) is 47.1 Å². The summed E-state index contributed by atoms with van der Waals surface area (Å²) >= 11 is 0. The third-order valence-electron chi connectivity index (χ3n) is 2.82. The molecule has 0 aliphatic heterocycles. The first-order valence-electron chi connectivity index (χ1n) is 5.45. The summed E-state index contributed by atoms with van der Waals surface area (Å²) in [7, 11) is 0. The highest BCUT2D eigenvalue weighted by atomic mass is 16.3. The van der Waals surface area contributed by atoms with Crippen molar-refractivity contribution in [2.45, 2.75) is 26.2 Å². The van der Waals surface area contributed by atoms with Crippen LogP contribution in [0.5, 0.6) is 0 Å². The van der Waals surface area contributed by atoms with Crippen LogP contribution in [0.25, 0.3) is 11.1 Å². The molecule has 1 heterocycles. The maximum Gasteiger partial charge on any atom is 0.107 e. The van der Waals surface area contributed by atoms with E-state index >= 15 is 0 Å². The zero-order valence-corrected chi connectivity index (χ0v) is 9.23. The van der Waals surface area contributed by atoms with E-state index in [0.717, 1.165) is 12.2 Å². The highest BCUT2D eigenvalue weighted by molar-refractivity contribution is 5.62. The van der Waals surface area contributed by atoms with Gasteiger partial charge in [0.25, 0.3) is 0 Å². The monoisotopic (exact) mass is 200 g/mol. The number of benzene rings is 1. The first-order valence-corrected chi connectivity index (χ1v) is 5.45. The maximum absolute atomic E-state index is 5.57. The Bertz CT molecular complexity index is 414. The Balaban J connectivity index is 2.28. The molecule has 78 valence electrons. The van der Waals surface area contributed by atoms with Crippen molar-refractivity contribution in [3.05, 3.63) is 48.4 Å². The molecule has 1 nitrogen and oxygen atoms in total. The highest BCUT2D eigenvalue weighted by Crippen LogP contribution is 2.27. The molecule has 0 amide bonds. The van der Waals surface area contributed by atoms with Crippen LogP contribution in [0.3, 0.4) is 0 Å². The molecule has 0 N–H and O–H groups in total. The number of furan rings is 1. The number of rotatable bonds is 3. The SMILES string of the molecule is CC[C@@H](C)c1cc(-c2ccccc2)co1. The van der Waals surface area contributed by atoms with E-state index in [9.17, 15) is 0 Å². The second-order valence-electron chi connectivity index (χ2n) is 3.91. The summed E-state index contributed by atoms with van der Waals surface area (Å²) in [6.45, 7) is 4.36. The average molecular weight is 200 g/mol. The van der Waals surface area contributed by atoms with Crippen LogP contribution >= 0.6 is 0 Å². The Morgan fingerprint density at radius 3 is 2.53 bits per heavy atom. The van der Waals surface area contributed by atoms with Crippen LogP contribution in [0.2, 0.25) is 0 Å². The lowest BCUT2D eigenvalue weighted by Crippen LogP contribution is -1.86. The average Bonchev–Trinajstić information content (AvgIpc) is 2.78. The summed E-state index contributed by atoms with van der Waals surface area (Å²) in [5.74, 6) is 1.58. The van der Waals surface area contributed by atoms with Gasteiger partial charge in [-0.05, 0) is 18.1 Å². The molecule has 0 unspecified atom stereocenters. The van der Waals surface area contributed by atoms with Crippen LogP contribution in [0.1, 0.15) is 31.9 Å². The molecule has 0 aliphatic carbocycles. The van der Waals surface area contributed by atoms with E-state index in [1.54, 1.807) is 0 Å². The van der Waals surface area contributed by atoms with Gasteiger partial charge in [-0.15, -0.1) is 0 Å². The third-order valence-corrected chi connectivity index (χ3v) is 2.82. The molecule has 0 radical (unpaired) electrons. The fourth-order valence-corrected chi connectivity index (χ4v) is 1.59. The molecule has 1 aromatic carbocycles. The molecular formula is C14H16O. The van der Waals surface area contributed by atoms with Gasteiger partial charge in [0.05, 0.1) is 6.26 Å². The van der Waals surface area contributed by atoms with Crippen LogP contribution < -0.4 is 0 Å². The minimum Gasteiger partial charge on any atom is -0.468 e. The highest BCUT2D eigenvalue weighted by Gasteiger charge is 2.08. The molecule has 0 bridgehead atoms. The van der Waals surface area contributed by atoms with E-state index in [4.69, 9.17) is 4.42 Å². The second-order valence-corrected chi connectivity index (χ2v) is 3.91. The molecular weight excluding hydrogens is 184 g/mol. The fraction of sp³-hybridized carbons (Fsp3) is 0.286. The predicted molar refractivity (Wildman–Crippen MR) is 62.9 cm³/mol. The zero-order chi connectivity index (χ0) is 10.7. The van der Waals surface area contributed by atoms with Crippen molar-refractivity contribution in [3.63, 3.8) is 0 Å². The number of hydrogen-bond acceptors (Lipinski definition) is 1. The van der Waals surface area contributed by atoms with Crippen molar-refractivity contribution in [3.8, 4) is 11.1 Å². The lowest BCUT2D eigenvalue weighted by Gasteiger charge is -2.01. The molecule has 2 rings (SSSR count). The van der Waals surface area contributed by atoms with E-state index in [2.05, 4.69) is 32.0 Å². The van der Waals surface area contributed by atoms with Crippen LogP contribution in [-0.2, 0) is 0 Å². The van der Waals surface area contributed by atoms with Crippen molar-refractivity contribution in [2.75, 3.05) is 0 Å². The Morgan fingerprint density at radius 2 is 1.87 bits per heavy atom. The van der Waals surface area contributed by atoms with E-state index in [1.807, 2.05) is 24.5 Å². The normalized spacial score (nSPS) is 12.7. The number of hydrogen-bond donors (Lipinski definition) is 0. The van der Waals surface area contributed by atoms with Crippen LogP contribution in [0.4, 0.5) is 0 Å². The van der Waals surface area contributed by atoms with Gasteiger partial charge >= 0.3 is 0 Å². The van der Waals surface area contributed by atoms with Gasteiger partial charge in [0, 0.05) is 11.5 Å². The van der Waals surface area contributed by atoms with E-state index in [-0.39, 0.29) is 0 Å². The van der Waals surface area contributed by atoms with Crippen LogP contribution in [-0.4, -0.2) is 0 Å². The Labute approximate surface area is 90.7 Å². The standard InChI is InChI=1S/C14H16O/c1-3-11(2)14-9-13(10-15-14)12-7-5-4-6-8-12/h4-11H,3H2,1-2H3/t11-/m1/s1. The molecule has 2 aromatic rings. The smallest absolute Gasteiger partial charge is 0.107 e. The first-order chi connectivity index (χ1) is 7.31. The van der Waals surface area contributed by atoms with Gasteiger partial charge in [0.15, 0.2) is 0 Å². The van der Waals surface area contributed by atoms with E-state index < -0.39 is 0 Å². The minimum absolute atomic E-state index is 0.502.